The molecule has 0 spiro atoms. The Morgan fingerprint density at radius 2 is 2.04 bits per heavy atom. The number of hydrogen-bond donors (Lipinski definition) is 2. The summed E-state index contributed by atoms with van der Waals surface area (Å²) >= 11 is 1.42. The zero-order valence-electron chi connectivity index (χ0n) is 14.0. The molecule has 1 aliphatic rings. The summed E-state index contributed by atoms with van der Waals surface area (Å²) < 4.78 is 0. The van der Waals surface area contributed by atoms with Gasteiger partial charge in [0.25, 0.3) is 11.8 Å². The molecule has 1 aliphatic heterocycles. The van der Waals surface area contributed by atoms with Gasteiger partial charge < -0.3 is 15.5 Å². The Bertz CT molecular complexity index is 704. The first-order valence-electron chi connectivity index (χ1n) is 8.07. The fraction of sp³-hybridized carbons (Fsp3) is 0.333. The third kappa shape index (κ3) is 5.04. The molecule has 1 atom stereocenters. The van der Waals surface area contributed by atoms with Gasteiger partial charge in [-0.05, 0) is 36.1 Å². The lowest BCUT2D eigenvalue weighted by Crippen LogP contribution is -2.51. The molecule has 134 valence electrons. The van der Waals surface area contributed by atoms with E-state index < -0.39 is 0 Å². The van der Waals surface area contributed by atoms with Crippen molar-refractivity contribution < 1.29 is 9.59 Å². The first kappa shape index (κ1) is 19.4. The summed E-state index contributed by atoms with van der Waals surface area (Å²) in [5.41, 5.74) is 1.67. The zero-order chi connectivity index (χ0) is 16.9. The van der Waals surface area contributed by atoms with Gasteiger partial charge in [0.15, 0.2) is 0 Å². The number of nitrogens with one attached hydrogen (secondary N) is 2. The lowest BCUT2D eigenvalue weighted by Gasteiger charge is -2.32. The van der Waals surface area contributed by atoms with Crippen molar-refractivity contribution in [2.24, 2.45) is 0 Å². The molecule has 25 heavy (non-hydrogen) atoms. The molecular formula is C18H22ClN3O2S. The number of halogens is 1. The second kappa shape index (κ2) is 8.99. The highest BCUT2D eigenvalue weighted by Crippen LogP contribution is 2.11. The Hall–Kier alpha value is -1.89. The van der Waals surface area contributed by atoms with E-state index in [0.29, 0.717) is 23.0 Å². The van der Waals surface area contributed by atoms with Crippen LogP contribution in [0.5, 0.6) is 0 Å². The molecule has 7 heteroatoms. The molecule has 0 radical (unpaired) electrons. The van der Waals surface area contributed by atoms with Gasteiger partial charge in [0, 0.05) is 37.8 Å². The molecule has 1 aromatic carbocycles. The Kier molecular flexibility index (Phi) is 6.99. The highest BCUT2D eigenvalue weighted by molar-refractivity contribution is 7.12. The number of nitrogens with zero attached hydrogens (tertiary/aromatic N) is 1. The van der Waals surface area contributed by atoms with Gasteiger partial charge >= 0.3 is 0 Å². The average molecular weight is 380 g/mol. The van der Waals surface area contributed by atoms with Gasteiger partial charge in [-0.1, -0.05) is 18.2 Å². The number of rotatable bonds is 4. The molecule has 2 heterocycles. The number of benzene rings is 1. The smallest absolute Gasteiger partial charge is 0.261 e. The van der Waals surface area contributed by atoms with Gasteiger partial charge in [-0.2, -0.15) is 0 Å². The van der Waals surface area contributed by atoms with Crippen LogP contribution in [-0.2, 0) is 6.54 Å². The molecule has 3 rings (SSSR count). The molecular weight excluding hydrogens is 358 g/mol. The molecule has 2 aromatic rings. The second-order valence-corrected chi connectivity index (χ2v) is 6.91. The molecule has 1 saturated heterocycles. The van der Waals surface area contributed by atoms with Crippen LogP contribution < -0.4 is 10.6 Å². The van der Waals surface area contributed by atoms with Crippen LogP contribution in [-0.4, -0.2) is 42.4 Å². The van der Waals surface area contributed by atoms with Crippen molar-refractivity contribution in [2.45, 2.75) is 19.5 Å². The van der Waals surface area contributed by atoms with Crippen LogP contribution in [0.15, 0.2) is 41.8 Å². The van der Waals surface area contributed by atoms with Gasteiger partial charge in [-0.15, -0.1) is 23.7 Å². The minimum Gasteiger partial charge on any atom is -0.347 e. The van der Waals surface area contributed by atoms with Crippen molar-refractivity contribution >= 4 is 35.6 Å². The third-order valence-corrected chi connectivity index (χ3v) is 4.92. The second-order valence-electron chi connectivity index (χ2n) is 5.96. The summed E-state index contributed by atoms with van der Waals surface area (Å²) in [7, 11) is 0. The van der Waals surface area contributed by atoms with Gasteiger partial charge in [-0.25, -0.2) is 0 Å². The van der Waals surface area contributed by atoms with Crippen LogP contribution in [0.1, 0.15) is 32.5 Å². The fourth-order valence-electron chi connectivity index (χ4n) is 2.74. The van der Waals surface area contributed by atoms with E-state index in [2.05, 4.69) is 17.6 Å². The Morgan fingerprint density at radius 1 is 1.28 bits per heavy atom. The molecule has 2 N–H and O–H groups in total. The highest BCUT2D eigenvalue weighted by atomic mass is 35.5. The van der Waals surface area contributed by atoms with Crippen LogP contribution in [0.3, 0.4) is 0 Å². The van der Waals surface area contributed by atoms with Crippen molar-refractivity contribution in [1.29, 1.82) is 0 Å². The number of amides is 2. The van der Waals surface area contributed by atoms with E-state index in [9.17, 15) is 9.59 Å². The third-order valence-electron chi connectivity index (χ3n) is 4.05. The minimum atomic E-state index is -0.0695. The van der Waals surface area contributed by atoms with E-state index in [-0.39, 0.29) is 24.2 Å². The number of carbonyl (C=O) groups is 2. The summed E-state index contributed by atoms with van der Waals surface area (Å²) in [4.78, 5) is 27.0. The van der Waals surface area contributed by atoms with E-state index >= 15 is 0 Å². The SMILES string of the molecule is CC1CN(C(=O)c2ccc(CNC(=O)c3cccs3)cc2)CCN1.Cl. The predicted octanol–water partition coefficient (Wildman–Crippen LogP) is 2.53. The van der Waals surface area contributed by atoms with Crippen molar-refractivity contribution in [3.05, 3.63) is 57.8 Å². The van der Waals surface area contributed by atoms with Crippen molar-refractivity contribution in [2.75, 3.05) is 19.6 Å². The molecule has 0 aliphatic carbocycles. The predicted molar refractivity (Wildman–Crippen MR) is 103 cm³/mol. The number of thiophene rings is 1. The van der Waals surface area contributed by atoms with E-state index in [4.69, 9.17) is 0 Å². The maximum absolute atomic E-state index is 12.5. The first-order valence-corrected chi connectivity index (χ1v) is 8.95. The first-order chi connectivity index (χ1) is 11.6. The van der Waals surface area contributed by atoms with Crippen LogP contribution in [0, 0.1) is 0 Å². The molecule has 2 amide bonds. The van der Waals surface area contributed by atoms with Crippen LogP contribution in [0.25, 0.3) is 0 Å². The summed E-state index contributed by atoms with van der Waals surface area (Å²) in [6.07, 6.45) is 0. The van der Waals surface area contributed by atoms with Gasteiger partial charge in [0.05, 0.1) is 4.88 Å². The molecule has 0 saturated carbocycles. The van der Waals surface area contributed by atoms with Crippen molar-refractivity contribution in [1.82, 2.24) is 15.5 Å². The van der Waals surface area contributed by atoms with Gasteiger partial charge in [-0.3, -0.25) is 9.59 Å². The lowest BCUT2D eigenvalue weighted by molar-refractivity contribution is 0.0709. The molecule has 1 aromatic heterocycles. The van der Waals surface area contributed by atoms with Crippen LogP contribution >= 0.6 is 23.7 Å². The normalized spacial score (nSPS) is 16.8. The maximum atomic E-state index is 12.5. The summed E-state index contributed by atoms with van der Waals surface area (Å²) in [5.74, 6) is -0.00233. The zero-order valence-corrected chi connectivity index (χ0v) is 15.7. The van der Waals surface area contributed by atoms with Crippen molar-refractivity contribution in [3.8, 4) is 0 Å². The average Bonchev–Trinajstić information content (AvgIpc) is 3.14. The Balaban J connectivity index is 0.00000225. The fourth-order valence-corrected chi connectivity index (χ4v) is 3.38. The largest absolute Gasteiger partial charge is 0.347 e. The van der Waals surface area contributed by atoms with E-state index in [0.717, 1.165) is 25.2 Å². The van der Waals surface area contributed by atoms with Gasteiger partial charge in [0.1, 0.15) is 0 Å². The van der Waals surface area contributed by atoms with Crippen molar-refractivity contribution in [3.63, 3.8) is 0 Å². The van der Waals surface area contributed by atoms with E-state index in [1.807, 2.05) is 40.6 Å². The summed E-state index contributed by atoms with van der Waals surface area (Å²) in [6, 6.07) is 11.5. The monoisotopic (exact) mass is 379 g/mol. The standard InChI is InChI=1S/C18H21N3O2S.ClH/c1-13-12-21(9-8-19-13)18(23)15-6-4-14(5-7-15)11-20-17(22)16-3-2-10-24-16;/h2-7,10,13,19H,8-9,11-12H2,1H3,(H,20,22);1H. The van der Waals surface area contributed by atoms with E-state index in [1.54, 1.807) is 6.07 Å². The topological polar surface area (TPSA) is 61.4 Å². The maximum Gasteiger partial charge on any atom is 0.261 e. The highest BCUT2D eigenvalue weighted by Gasteiger charge is 2.21. The van der Waals surface area contributed by atoms with E-state index in [1.165, 1.54) is 11.3 Å². The molecule has 1 unspecified atom stereocenters. The lowest BCUT2D eigenvalue weighted by atomic mass is 10.1. The van der Waals surface area contributed by atoms with Crippen LogP contribution in [0.2, 0.25) is 0 Å². The van der Waals surface area contributed by atoms with Crippen LogP contribution in [0.4, 0.5) is 0 Å². The summed E-state index contributed by atoms with van der Waals surface area (Å²) in [5, 5.41) is 8.10. The number of piperazine rings is 1. The molecule has 0 bridgehead atoms. The molecule has 5 nitrogen and oxygen atoms in total. The number of carbonyl (C=O) groups excluding carboxylic acids is 2. The molecule has 1 fully saturated rings. The Morgan fingerprint density at radius 3 is 2.68 bits per heavy atom. The minimum absolute atomic E-state index is 0. The quantitative estimate of drug-likeness (QED) is 0.858. The van der Waals surface area contributed by atoms with Gasteiger partial charge in [0.2, 0.25) is 0 Å². The Labute approximate surface area is 157 Å². The summed E-state index contributed by atoms with van der Waals surface area (Å²) in [6.45, 7) is 4.84. The number of hydrogen-bond acceptors (Lipinski definition) is 4.